The number of rotatable bonds is 4. The summed E-state index contributed by atoms with van der Waals surface area (Å²) >= 11 is 0. The summed E-state index contributed by atoms with van der Waals surface area (Å²) in [6.07, 6.45) is 2.11. The molecule has 0 aromatic rings. The Hall–Kier alpha value is -1.14. The highest BCUT2D eigenvalue weighted by Gasteiger charge is 2.13. The Morgan fingerprint density at radius 1 is 1.60 bits per heavy atom. The first kappa shape index (κ1) is 11.9. The summed E-state index contributed by atoms with van der Waals surface area (Å²) in [4.78, 5) is 24.1. The van der Waals surface area contributed by atoms with Crippen LogP contribution in [0.4, 0.5) is 0 Å². The van der Waals surface area contributed by atoms with Crippen LogP contribution in [0.2, 0.25) is 0 Å². The molecular weight excluding hydrogens is 196 g/mol. The molecule has 0 atom stereocenters. The minimum absolute atomic E-state index is 0.0655. The standard InChI is InChI=1S/C9H18N4O2/c10-12-8(14)3-1-5-13-6-2-4-11-9(15)7-13/h1-7,10H2,(H,11,15)(H,12,14). The van der Waals surface area contributed by atoms with Crippen LogP contribution in [0, 0.1) is 0 Å². The average molecular weight is 214 g/mol. The molecule has 1 saturated heterocycles. The van der Waals surface area contributed by atoms with Crippen LogP contribution in [-0.2, 0) is 9.59 Å². The van der Waals surface area contributed by atoms with Gasteiger partial charge in [0.2, 0.25) is 11.8 Å². The fraction of sp³-hybridized carbons (Fsp3) is 0.778. The van der Waals surface area contributed by atoms with E-state index in [1.165, 1.54) is 0 Å². The third kappa shape index (κ3) is 4.75. The lowest BCUT2D eigenvalue weighted by atomic mass is 10.2. The number of amides is 2. The summed E-state index contributed by atoms with van der Waals surface area (Å²) in [5.74, 6) is 4.87. The molecule has 86 valence electrons. The fourth-order valence-electron chi connectivity index (χ4n) is 1.59. The van der Waals surface area contributed by atoms with Crippen LogP contribution in [0.25, 0.3) is 0 Å². The number of carbonyl (C=O) groups excluding carboxylic acids is 2. The first-order valence-corrected chi connectivity index (χ1v) is 5.21. The molecule has 0 bridgehead atoms. The second-order valence-electron chi connectivity index (χ2n) is 3.65. The molecule has 0 aromatic carbocycles. The lowest BCUT2D eigenvalue weighted by Crippen LogP contribution is -2.35. The zero-order valence-corrected chi connectivity index (χ0v) is 8.79. The molecular formula is C9H18N4O2. The van der Waals surface area contributed by atoms with Crippen LogP contribution >= 0.6 is 0 Å². The molecule has 1 rings (SSSR count). The van der Waals surface area contributed by atoms with Crippen molar-refractivity contribution >= 4 is 11.8 Å². The van der Waals surface area contributed by atoms with Crippen molar-refractivity contribution in [3.05, 3.63) is 0 Å². The normalized spacial score (nSPS) is 18.1. The van der Waals surface area contributed by atoms with Gasteiger partial charge in [-0.05, 0) is 19.4 Å². The Labute approximate surface area is 89.1 Å². The topological polar surface area (TPSA) is 87.5 Å². The number of hydrazine groups is 1. The van der Waals surface area contributed by atoms with E-state index in [2.05, 4.69) is 15.6 Å². The third-order valence-electron chi connectivity index (χ3n) is 2.38. The number of hydrogen-bond acceptors (Lipinski definition) is 4. The maximum Gasteiger partial charge on any atom is 0.234 e. The van der Waals surface area contributed by atoms with Crippen molar-refractivity contribution in [1.29, 1.82) is 0 Å². The van der Waals surface area contributed by atoms with Crippen LogP contribution < -0.4 is 16.6 Å². The van der Waals surface area contributed by atoms with Crippen molar-refractivity contribution in [2.45, 2.75) is 19.3 Å². The number of nitrogens with zero attached hydrogens (tertiary/aromatic N) is 1. The summed E-state index contributed by atoms with van der Waals surface area (Å²) in [5.41, 5.74) is 2.09. The van der Waals surface area contributed by atoms with Gasteiger partial charge in [0.15, 0.2) is 0 Å². The Morgan fingerprint density at radius 2 is 2.40 bits per heavy atom. The van der Waals surface area contributed by atoms with E-state index < -0.39 is 0 Å². The number of carbonyl (C=O) groups is 2. The molecule has 0 radical (unpaired) electrons. The zero-order chi connectivity index (χ0) is 11.1. The zero-order valence-electron chi connectivity index (χ0n) is 8.79. The Morgan fingerprint density at radius 3 is 3.13 bits per heavy atom. The van der Waals surface area contributed by atoms with Crippen LogP contribution in [0.1, 0.15) is 19.3 Å². The van der Waals surface area contributed by atoms with Gasteiger partial charge in [-0.2, -0.15) is 0 Å². The van der Waals surface area contributed by atoms with Crippen LogP contribution in [0.5, 0.6) is 0 Å². The van der Waals surface area contributed by atoms with Gasteiger partial charge in [0.1, 0.15) is 0 Å². The maximum absolute atomic E-state index is 11.2. The molecule has 1 heterocycles. The van der Waals surface area contributed by atoms with E-state index in [0.29, 0.717) is 13.0 Å². The highest BCUT2D eigenvalue weighted by atomic mass is 16.2. The van der Waals surface area contributed by atoms with E-state index in [4.69, 9.17) is 5.84 Å². The summed E-state index contributed by atoms with van der Waals surface area (Å²) in [6, 6.07) is 0. The van der Waals surface area contributed by atoms with Gasteiger partial charge in [-0.1, -0.05) is 0 Å². The van der Waals surface area contributed by atoms with Crippen LogP contribution in [0.3, 0.4) is 0 Å². The predicted octanol–water partition coefficient (Wildman–Crippen LogP) is -1.42. The molecule has 6 nitrogen and oxygen atoms in total. The van der Waals surface area contributed by atoms with Crippen molar-refractivity contribution in [1.82, 2.24) is 15.6 Å². The van der Waals surface area contributed by atoms with Gasteiger partial charge in [0.05, 0.1) is 6.54 Å². The van der Waals surface area contributed by atoms with Crippen molar-refractivity contribution in [3.63, 3.8) is 0 Å². The molecule has 0 unspecified atom stereocenters. The van der Waals surface area contributed by atoms with Gasteiger partial charge in [-0.25, -0.2) is 5.84 Å². The molecule has 0 saturated carbocycles. The highest BCUT2D eigenvalue weighted by Crippen LogP contribution is 1.99. The maximum atomic E-state index is 11.2. The van der Waals surface area contributed by atoms with Gasteiger partial charge in [0.25, 0.3) is 0 Å². The van der Waals surface area contributed by atoms with Gasteiger partial charge < -0.3 is 5.32 Å². The molecule has 0 aromatic heterocycles. The first-order valence-electron chi connectivity index (χ1n) is 5.21. The van der Waals surface area contributed by atoms with E-state index in [1.54, 1.807) is 0 Å². The largest absolute Gasteiger partial charge is 0.355 e. The molecule has 15 heavy (non-hydrogen) atoms. The summed E-state index contributed by atoms with van der Waals surface area (Å²) in [5, 5.41) is 2.80. The van der Waals surface area contributed by atoms with E-state index in [-0.39, 0.29) is 11.8 Å². The van der Waals surface area contributed by atoms with Gasteiger partial charge in [-0.3, -0.25) is 19.9 Å². The van der Waals surface area contributed by atoms with Crippen molar-refractivity contribution in [2.75, 3.05) is 26.2 Å². The molecule has 1 aliphatic rings. The van der Waals surface area contributed by atoms with Crippen molar-refractivity contribution < 1.29 is 9.59 Å². The smallest absolute Gasteiger partial charge is 0.234 e. The molecule has 0 aliphatic carbocycles. The van der Waals surface area contributed by atoms with Crippen molar-refractivity contribution in [3.8, 4) is 0 Å². The van der Waals surface area contributed by atoms with E-state index in [0.717, 1.165) is 32.5 Å². The van der Waals surface area contributed by atoms with Crippen molar-refractivity contribution in [2.24, 2.45) is 5.84 Å². The molecule has 6 heteroatoms. The minimum atomic E-state index is -0.158. The van der Waals surface area contributed by atoms with Crippen LogP contribution in [0.15, 0.2) is 0 Å². The van der Waals surface area contributed by atoms with Gasteiger partial charge in [0, 0.05) is 19.5 Å². The van der Waals surface area contributed by atoms with E-state index >= 15 is 0 Å². The van der Waals surface area contributed by atoms with Gasteiger partial charge >= 0.3 is 0 Å². The minimum Gasteiger partial charge on any atom is -0.355 e. The van der Waals surface area contributed by atoms with Gasteiger partial charge in [-0.15, -0.1) is 0 Å². The summed E-state index contributed by atoms with van der Waals surface area (Å²) < 4.78 is 0. The summed E-state index contributed by atoms with van der Waals surface area (Å²) in [6.45, 7) is 2.85. The molecule has 1 aliphatic heterocycles. The molecule has 0 spiro atoms. The lowest BCUT2D eigenvalue weighted by molar-refractivity contribution is -0.121. The van der Waals surface area contributed by atoms with E-state index in [1.807, 2.05) is 0 Å². The second-order valence-corrected chi connectivity index (χ2v) is 3.65. The van der Waals surface area contributed by atoms with Crippen LogP contribution in [-0.4, -0.2) is 42.9 Å². The Bertz CT molecular complexity index is 232. The fourth-order valence-corrected chi connectivity index (χ4v) is 1.59. The first-order chi connectivity index (χ1) is 7.22. The number of hydrogen-bond donors (Lipinski definition) is 3. The number of nitrogens with two attached hydrogens (primary N) is 1. The average Bonchev–Trinajstić information content (AvgIpc) is 2.42. The SMILES string of the molecule is NNC(=O)CCCN1CCCNC(=O)C1. The monoisotopic (exact) mass is 214 g/mol. The third-order valence-corrected chi connectivity index (χ3v) is 2.38. The van der Waals surface area contributed by atoms with E-state index in [9.17, 15) is 9.59 Å². The lowest BCUT2D eigenvalue weighted by Gasteiger charge is -2.17. The Kier molecular flexibility index (Phi) is 5.06. The quantitative estimate of drug-likeness (QED) is 0.304. The second kappa shape index (κ2) is 6.36. The summed E-state index contributed by atoms with van der Waals surface area (Å²) in [7, 11) is 0. The highest BCUT2D eigenvalue weighted by molar-refractivity contribution is 5.78. The Balaban J connectivity index is 2.19. The predicted molar refractivity (Wildman–Crippen MR) is 55.6 cm³/mol. The molecule has 4 N–H and O–H groups in total. The molecule has 1 fully saturated rings. The molecule has 2 amide bonds. The number of nitrogens with one attached hydrogen (secondary N) is 2.